The lowest BCUT2D eigenvalue weighted by molar-refractivity contribution is 0.473. The van der Waals surface area contributed by atoms with Gasteiger partial charge in [-0.3, -0.25) is 0 Å². The Morgan fingerprint density at radius 3 is 2.62 bits per heavy atom. The predicted octanol–water partition coefficient (Wildman–Crippen LogP) is 5.45. The standard InChI is InChI=1S/C26H26BN5O2/c1-15-25-23(34-16(2)29-25)12-19(26(15)33)20-6-7-22-21(30-20)8-9-24(31-22)32-11-10-18(13-32)27(14-28)17-4-3-5-17/h6-9,12,17-18,33H,3-5,10-11,13H2,1-2H3. The molecule has 0 radical (unpaired) electrons. The number of fused-ring (bicyclic) bond motifs is 2. The summed E-state index contributed by atoms with van der Waals surface area (Å²) in [5.74, 6) is 5.28. The van der Waals surface area contributed by atoms with E-state index >= 15 is 0 Å². The van der Waals surface area contributed by atoms with Crippen molar-refractivity contribution in [1.29, 1.82) is 5.26 Å². The molecule has 0 bridgehead atoms. The van der Waals surface area contributed by atoms with Crippen LogP contribution in [0.25, 0.3) is 33.4 Å². The summed E-state index contributed by atoms with van der Waals surface area (Å²) in [6.45, 7) is 5.63. The van der Waals surface area contributed by atoms with Crippen LogP contribution < -0.4 is 4.90 Å². The number of benzene rings is 1. The summed E-state index contributed by atoms with van der Waals surface area (Å²) in [6.07, 6.45) is 4.72. The quantitative estimate of drug-likeness (QED) is 0.412. The molecule has 1 aromatic carbocycles. The van der Waals surface area contributed by atoms with E-state index in [4.69, 9.17) is 14.4 Å². The molecule has 34 heavy (non-hydrogen) atoms. The molecule has 0 amide bonds. The Kier molecular flexibility index (Phi) is 4.94. The van der Waals surface area contributed by atoms with Crippen molar-refractivity contribution in [3.05, 3.63) is 41.8 Å². The number of anilines is 1. The Hall–Kier alpha value is -3.60. The second-order valence-corrected chi connectivity index (χ2v) is 9.72. The highest BCUT2D eigenvalue weighted by Crippen LogP contribution is 2.42. The second kappa shape index (κ2) is 8.02. The fraction of sp³-hybridized carbons (Fsp3) is 0.385. The van der Waals surface area contributed by atoms with Crippen LogP contribution in [0.5, 0.6) is 5.75 Å². The number of phenols is 1. The maximum absolute atomic E-state index is 10.8. The van der Waals surface area contributed by atoms with Gasteiger partial charge in [0.15, 0.2) is 11.5 Å². The molecular weight excluding hydrogens is 425 g/mol. The summed E-state index contributed by atoms with van der Waals surface area (Å²) in [5.41, 5.74) is 4.86. The predicted molar refractivity (Wildman–Crippen MR) is 133 cm³/mol. The van der Waals surface area contributed by atoms with E-state index in [1.165, 1.54) is 19.3 Å². The van der Waals surface area contributed by atoms with Crippen LogP contribution in [0.2, 0.25) is 11.6 Å². The van der Waals surface area contributed by atoms with Crippen LogP contribution in [0.3, 0.4) is 0 Å². The van der Waals surface area contributed by atoms with E-state index in [-0.39, 0.29) is 12.5 Å². The molecule has 1 saturated heterocycles. The smallest absolute Gasteiger partial charge is 0.275 e. The topological polar surface area (TPSA) is 99.1 Å². The van der Waals surface area contributed by atoms with Crippen LogP contribution in [-0.4, -0.2) is 39.9 Å². The summed E-state index contributed by atoms with van der Waals surface area (Å²) in [4.78, 5) is 16.3. The summed E-state index contributed by atoms with van der Waals surface area (Å²) in [6, 6.07) is 9.64. The normalized spacial score (nSPS) is 18.4. The molecule has 1 N–H and O–H groups in total. The van der Waals surface area contributed by atoms with E-state index in [0.717, 1.165) is 36.4 Å². The number of hydrogen-bond acceptors (Lipinski definition) is 7. The Morgan fingerprint density at radius 1 is 1.06 bits per heavy atom. The van der Waals surface area contributed by atoms with Crippen LogP contribution in [0.15, 0.2) is 34.7 Å². The van der Waals surface area contributed by atoms with Gasteiger partial charge in [0.2, 0.25) is 0 Å². The third-order valence-electron chi connectivity index (χ3n) is 7.67. The van der Waals surface area contributed by atoms with Gasteiger partial charge in [0.05, 0.1) is 16.7 Å². The van der Waals surface area contributed by atoms with Gasteiger partial charge >= 0.3 is 0 Å². The van der Waals surface area contributed by atoms with Crippen LogP contribution in [0.4, 0.5) is 5.82 Å². The minimum Gasteiger partial charge on any atom is -0.507 e. The first-order valence-electron chi connectivity index (χ1n) is 12.0. The molecule has 3 aromatic heterocycles. The van der Waals surface area contributed by atoms with Gasteiger partial charge in [-0.2, -0.15) is 0 Å². The number of nitrogens with zero attached hydrogens (tertiary/aromatic N) is 5. The molecule has 2 aliphatic rings. The fourth-order valence-electron chi connectivity index (χ4n) is 5.53. The molecule has 6 rings (SSSR count). The van der Waals surface area contributed by atoms with E-state index in [9.17, 15) is 10.4 Å². The lowest BCUT2D eigenvalue weighted by Crippen LogP contribution is -2.32. The van der Waals surface area contributed by atoms with Gasteiger partial charge in [-0.15, -0.1) is 0 Å². The number of phenolic OH excluding ortho intramolecular Hbond substituents is 1. The third-order valence-corrected chi connectivity index (χ3v) is 7.67. The number of nitriles is 1. The zero-order valence-corrected chi connectivity index (χ0v) is 19.5. The van der Waals surface area contributed by atoms with Crippen molar-refractivity contribution in [3.63, 3.8) is 0 Å². The molecule has 1 saturated carbocycles. The highest BCUT2D eigenvalue weighted by molar-refractivity contribution is 6.70. The SMILES string of the molecule is Cc1nc2c(C)c(O)c(-c3ccc4nc(N5CCC(B(C#N)C6CCC6)C5)ccc4n3)cc2o1. The number of pyridine rings is 2. The first kappa shape index (κ1) is 21.0. The molecule has 170 valence electrons. The Morgan fingerprint density at radius 2 is 1.85 bits per heavy atom. The molecule has 7 nitrogen and oxygen atoms in total. The van der Waals surface area contributed by atoms with E-state index < -0.39 is 0 Å². The number of hydrogen-bond donors (Lipinski definition) is 1. The highest BCUT2D eigenvalue weighted by atomic mass is 16.3. The van der Waals surface area contributed by atoms with Gasteiger partial charge in [0, 0.05) is 37.1 Å². The zero-order valence-electron chi connectivity index (χ0n) is 19.5. The van der Waals surface area contributed by atoms with Crippen molar-refractivity contribution in [1.82, 2.24) is 15.0 Å². The van der Waals surface area contributed by atoms with Gasteiger partial charge < -0.3 is 14.4 Å². The molecule has 4 aromatic rings. The molecule has 1 aliphatic carbocycles. The summed E-state index contributed by atoms with van der Waals surface area (Å²) < 4.78 is 5.70. The van der Waals surface area contributed by atoms with Crippen LogP contribution in [-0.2, 0) is 0 Å². The number of aryl methyl sites for hydroxylation is 2. The number of oxazole rings is 1. The van der Waals surface area contributed by atoms with Gasteiger partial charge in [-0.05, 0) is 55.3 Å². The lowest BCUT2D eigenvalue weighted by atomic mass is 9.31. The maximum atomic E-state index is 10.8. The Balaban J connectivity index is 1.28. The van der Waals surface area contributed by atoms with Gasteiger partial charge in [0.25, 0.3) is 6.71 Å². The van der Waals surface area contributed by atoms with Crippen LogP contribution in [0.1, 0.15) is 37.1 Å². The number of aromatic hydroxyl groups is 1. The average Bonchev–Trinajstić information content (AvgIpc) is 3.44. The molecular formula is C26H26BN5O2. The van der Waals surface area contributed by atoms with Crippen LogP contribution in [0, 0.1) is 25.1 Å². The highest BCUT2D eigenvalue weighted by Gasteiger charge is 2.40. The lowest BCUT2D eigenvalue weighted by Gasteiger charge is -2.30. The molecule has 1 aliphatic heterocycles. The van der Waals surface area contributed by atoms with Crippen molar-refractivity contribution >= 4 is 34.7 Å². The van der Waals surface area contributed by atoms with Crippen molar-refractivity contribution in [2.24, 2.45) is 0 Å². The largest absolute Gasteiger partial charge is 0.507 e. The summed E-state index contributed by atoms with van der Waals surface area (Å²) in [7, 11) is 0. The minimum atomic E-state index is 0.166. The molecule has 8 heteroatoms. The van der Waals surface area contributed by atoms with E-state index in [0.29, 0.717) is 45.4 Å². The first-order valence-corrected chi connectivity index (χ1v) is 12.0. The zero-order chi connectivity index (χ0) is 23.4. The first-order chi connectivity index (χ1) is 16.5. The Bertz CT molecular complexity index is 1460. The third kappa shape index (κ3) is 3.38. The van der Waals surface area contributed by atoms with E-state index in [1.54, 1.807) is 13.0 Å². The van der Waals surface area contributed by atoms with Crippen molar-refractivity contribution < 1.29 is 9.52 Å². The fourth-order valence-corrected chi connectivity index (χ4v) is 5.53. The monoisotopic (exact) mass is 451 g/mol. The summed E-state index contributed by atoms with van der Waals surface area (Å²) in [5, 5.41) is 20.5. The Labute approximate surface area is 198 Å². The maximum Gasteiger partial charge on any atom is 0.275 e. The number of rotatable bonds is 4. The molecule has 2 fully saturated rings. The van der Waals surface area contributed by atoms with Crippen molar-refractivity contribution in [3.8, 4) is 23.0 Å². The average molecular weight is 451 g/mol. The summed E-state index contributed by atoms with van der Waals surface area (Å²) >= 11 is 0. The second-order valence-electron chi connectivity index (χ2n) is 9.72. The van der Waals surface area contributed by atoms with Gasteiger partial charge in [0.1, 0.15) is 17.1 Å². The van der Waals surface area contributed by atoms with Gasteiger partial charge in [-0.25, -0.2) is 20.2 Å². The minimum absolute atomic E-state index is 0.166. The molecule has 0 spiro atoms. The molecule has 1 unspecified atom stereocenters. The molecule has 1 atom stereocenters. The van der Waals surface area contributed by atoms with Crippen molar-refractivity contribution in [2.45, 2.75) is 51.2 Å². The van der Waals surface area contributed by atoms with Crippen molar-refractivity contribution in [2.75, 3.05) is 18.0 Å². The van der Waals surface area contributed by atoms with Gasteiger partial charge in [-0.1, -0.05) is 19.3 Å². The number of aromatic nitrogens is 3. The molecule has 4 heterocycles. The van der Waals surface area contributed by atoms with E-state index in [1.807, 2.05) is 31.2 Å². The van der Waals surface area contributed by atoms with Crippen LogP contribution >= 0.6 is 0 Å². The van der Waals surface area contributed by atoms with E-state index in [2.05, 4.69) is 15.9 Å².